The largest absolute Gasteiger partial charge is 0.339 e. The maximum Gasteiger partial charge on any atom is 0.290 e. The van der Waals surface area contributed by atoms with Gasteiger partial charge in [0.05, 0.1) is 10.6 Å². The highest BCUT2D eigenvalue weighted by molar-refractivity contribution is 7.99. The predicted octanol–water partition coefficient (Wildman–Crippen LogP) is 2.94. The molecule has 12 heteroatoms. The molecule has 35 heavy (non-hydrogen) atoms. The molecule has 0 saturated carbocycles. The van der Waals surface area contributed by atoms with Gasteiger partial charge in [-0.2, -0.15) is 5.10 Å². The summed E-state index contributed by atoms with van der Waals surface area (Å²) in [5, 5.41) is 9.75. The number of thioether (sulfide) groups is 1. The molecule has 10 nitrogen and oxygen atoms in total. The maximum atomic E-state index is 13.1. The van der Waals surface area contributed by atoms with Crippen LogP contribution in [0.15, 0.2) is 47.5 Å². The SMILES string of the molecule is C=CCSc1ncccc1C(=O)N1CCC(c2nc(C(=O)NNC(=O)c3cc(C)[nH]n3)cs2)CC1. The van der Waals surface area contributed by atoms with Gasteiger partial charge in [0.15, 0.2) is 5.69 Å². The Morgan fingerprint density at radius 2 is 2.00 bits per heavy atom. The molecule has 1 aliphatic rings. The Bertz CT molecular complexity index is 1230. The smallest absolute Gasteiger partial charge is 0.290 e. The van der Waals surface area contributed by atoms with E-state index >= 15 is 0 Å². The van der Waals surface area contributed by atoms with Crippen molar-refractivity contribution in [3.63, 3.8) is 0 Å². The highest BCUT2D eigenvalue weighted by Gasteiger charge is 2.28. The molecule has 1 saturated heterocycles. The lowest BCUT2D eigenvalue weighted by Crippen LogP contribution is -2.42. The van der Waals surface area contributed by atoms with Crippen molar-refractivity contribution >= 4 is 40.8 Å². The molecule has 182 valence electrons. The molecule has 3 amide bonds. The first-order valence-electron chi connectivity index (χ1n) is 11.0. The Kier molecular flexibility index (Phi) is 7.93. The second-order valence-corrected chi connectivity index (χ2v) is 9.84. The van der Waals surface area contributed by atoms with Crippen molar-refractivity contribution in [2.45, 2.75) is 30.7 Å². The standard InChI is InChI=1S/C23H25N7O3S2/c1-3-11-34-22-16(5-4-8-24-22)23(33)30-9-6-15(7-10-30)21-25-18(13-35-21)20(32)29-28-19(31)17-12-14(2)26-27-17/h3-5,8,12-13,15H,1,6-7,9-11H2,2H3,(H,26,27)(H,28,31)(H,29,32). The van der Waals surface area contributed by atoms with E-state index in [0.29, 0.717) is 29.4 Å². The summed E-state index contributed by atoms with van der Waals surface area (Å²) < 4.78 is 0. The van der Waals surface area contributed by atoms with Crippen LogP contribution in [0.25, 0.3) is 0 Å². The monoisotopic (exact) mass is 511 g/mol. The number of thiazole rings is 1. The first-order valence-corrected chi connectivity index (χ1v) is 12.9. The number of aromatic amines is 1. The summed E-state index contributed by atoms with van der Waals surface area (Å²) in [5.41, 5.74) is 6.47. The van der Waals surface area contributed by atoms with E-state index in [1.807, 2.05) is 11.0 Å². The van der Waals surface area contributed by atoms with Gasteiger partial charge in [0.25, 0.3) is 17.7 Å². The zero-order chi connectivity index (χ0) is 24.8. The van der Waals surface area contributed by atoms with E-state index in [0.717, 1.165) is 23.5 Å². The summed E-state index contributed by atoms with van der Waals surface area (Å²) in [6.45, 7) is 6.70. The first-order chi connectivity index (χ1) is 17.0. The van der Waals surface area contributed by atoms with Crippen molar-refractivity contribution in [3.05, 3.63) is 70.1 Å². The quantitative estimate of drug-likeness (QED) is 0.252. The number of piperidine rings is 1. The fourth-order valence-electron chi connectivity index (χ4n) is 3.66. The van der Waals surface area contributed by atoms with Crippen LogP contribution in [0.2, 0.25) is 0 Å². The summed E-state index contributed by atoms with van der Waals surface area (Å²) in [4.78, 5) is 48.2. The molecule has 0 unspecified atom stereocenters. The predicted molar refractivity (Wildman–Crippen MR) is 133 cm³/mol. The number of H-pyrrole nitrogens is 1. The van der Waals surface area contributed by atoms with E-state index in [9.17, 15) is 14.4 Å². The zero-order valence-electron chi connectivity index (χ0n) is 19.1. The molecule has 4 rings (SSSR count). The molecular formula is C23H25N7O3S2. The first kappa shape index (κ1) is 24.6. The molecule has 0 atom stereocenters. The summed E-state index contributed by atoms with van der Waals surface area (Å²) in [6, 6.07) is 5.16. The van der Waals surface area contributed by atoms with Crippen molar-refractivity contribution in [2.75, 3.05) is 18.8 Å². The fraction of sp³-hybridized carbons (Fsp3) is 0.304. The normalized spacial score (nSPS) is 13.9. The number of carbonyl (C=O) groups excluding carboxylic acids is 3. The molecule has 0 aromatic carbocycles. The van der Waals surface area contributed by atoms with Crippen LogP contribution in [0.3, 0.4) is 0 Å². The number of aryl methyl sites for hydroxylation is 1. The molecule has 3 aromatic heterocycles. The van der Waals surface area contributed by atoms with Gasteiger partial charge in [-0.25, -0.2) is 9.97 Å². The molecule has 0 bridgehead atoms. The third kappa shape index (κ3) is 5.95. The average Bonchev–Trinajstić information content (AvgIpc) is 3.55. The van der Waals surface area contributed by atoms with E-state index < -0.39 is 11.8 Å². The number of amides is 3. The maximum absolute atomic E-state index is 13.1. The Hall–Kier alpha value is -3.51. The summed E-state index contributed by atoms with van der Waals surface area (Å²) in [5.74, 6) is -0.191. The van der Waals surface area contributed by atoms with Gasteiger partial charge in [0.1, 0.15) is 10.7 Å². The van der Waals surface area contributed by atoms with Crippen LogP contribution in [-0.4, -0.2) is 61.6 Å². The van der Waals surface area contributed by atoms with E-state index in [4.69, 9.17) is 0 Å². The summed E-state index contributed by atoms with van der Waals surface area (Å²) in [7, 11) is 0. The Balaban J connectivity index is 1.30. The van der Waals surface area contributed by atoms with Gasteiger partial charge >= 0.3 is 0 Å². The molecule has 0 aliphatic carbocycles. The molecule has 0 spiro atoms. The van der Waals surface area contributed by atoms with E-state index in [1.165, 1.54) is 23.1 Å². The number of hydrogen-bond donors (Lipinski definition) is 3. The number of nitrogens with zero attached hydrogens (tertiary/aromatic N) is 4. The Labute approximate surface area is 210 Å². The number of hydrogen-bond acceptors (Lipinski definition) is 8. The second kappa shape index (κ2) is 11.3. The Morgan fingerprint density at radius 1 is 1.26 bits per heavy atom. The number of hydrazine groups is 1. The lowest BCUT2D eigenvalue weighted by atomic mass is 9.97. The number of carbonyl (C=O) groups is 3. The van der Waals surface area contributed by atoms with Gasteiger partial charge < -0.3 is 4.90 Å². The lowest BCUT2D eigenvalue weighted by molar-refractivity contribution is 0.0708. The van der Waals surface area contributed by atoms with Crippen LogP contribution in [0.1, 0.15) is 60.8 Å². The van der Waals surface area contributed by atoms with E-state index in [-0.39, 0.29) is 23.2 Å². The van der Waals surface area contributed by atoms with Gasteiger partial charge in [0, 0.05) is 42.0 Å². The third-order valence-electron chi connectivity index (χ3n) is 5.45. The van der Waals surface area contributed by atoms with E-state index in [2.05, 4.69) is 37.6 Å². The van der Waals surface area contributed by atoms with Crippen molar-refractivity contribution < 1.29 is 14.4 Å². The number of nitrogens with one attached hydrogen (secondary N) is 3. The van der Waals surface area contributed by atoms with Crippen LogP contribution < -0.4 is 10.9 Å². The van der Waals surface area contributed by atoms with Crippen molar-refractivity contribution in [1.82, 2.24) is 35.9 Å². The van der Waals surface area contributed by atoms with Crippen LogP contribution >= 0.6 is 23.1 Å². The highest BCUT2D eigenvalue weighted by atomic mass is 32.2. The number of likely N-dealkylation sites (tertiary alicyclic amines) is 1. The molecule has 4 heterocycles. The fourth-order valence-corrected chi connectivity index (χ4v) is 5.35. The topological polar surface area (TPSA) is 133 Å². The molecule has 1 fully saturated rings. The Morgan fingerprint density at radius 3 is 2.69 bits per heavy atom. The zero-order valence-corrected chi connectivity index (χ0v) is 20.7. The number of aromatic nitrogens is 4. The van der Waals surface area contributed by atoms with Crippen molar-refractivity contribution in [1.29, 1.82) is 0 Å². The molecule has 1 aliphatic heterocycles. The van der Waals surface area contributed by atoms with Crippen LogP contribution in [0.5, 0.6) is 0 Å². The van der Waals surface area contributed by atoms with E-state index in [1.54, 1.807) is 36.7 Å². The second-order valence-electron chi connectivity index (χ2n) is 7.94. The van der Waals surface area contributed by atoms with Gasteiger partial charge in [-0.05, 0) is 38.0 Å². The lowest BCUT2D eigenvalue weighted by Gasteiger charge is -2.31. The van der Waals surface area contributed by atoms with Crippen molar-refractivity contribution in [3.8, 4) is 0 Å². The van der Waals surface area contributed by atoms with Gasteiger partial charge in [-0.3, -0.25) is 30.3 Å². The molecule has 3 N–H and O–H groups in total. The summed E-state index contributed by atoms with van der Waals surface area (Å²) >= 11 is 2.90. The minimum atomic E-state index is -0.519. The molecular weight excluding hydrogens is 486 g/mol. The average molecular weight is 512 g/mol. The highest BCUT2D eigenvalue weighted by Crippen LogP contribution is 2.31. The van der Waals surface area contributed by atoms with Crippen LogP contribution in [0.4, 0.5) is 0 Å². The third-order valence-corrected chi connectivity index (χ3v) is 7.46. The molecule has 3 aromatic rings. The van der Waals surface area contributed by atoms with Gasteiger partial charge in [0.2, 0.25) is 0 Å². The van der Waals surface area contributed by atoms with Gasteiger partial charge in [-0.1, -0.05) is 6.08 Å². The van der Waals surface area contributed by atoms with Crippen molar-refractivity contribution in [2.24, 2.45) is 0 Å². The summed E-state index contributed by atoms with van der Waals surface area (Å²) in [6.07, 6.45) is 4.99. The minimum Gasteiger partial charge on any atom is -0.339 e. The van der Waals surface area contributed by atoms with Gasteiger partial charge in [-0.15, -0.1) is 29.7 Å². The van der Waals surface area contributed by atoms with Crippen LogP contribution in [0, 0.1) is 6.92 Å². The number of rotatable bonds is 7. The minimum absolute atomic E-state index is 0.0230. The van der Waals surface area contributed by atoms with Crippen LogP contribution in [-0.2, 0) is 0 Å². The number of pyridine rings is 1. The molecule has 0 radical (unpaired) electrons.